The van der Waals surface area contributed by atoms with Crippen molar-refractivity contribution in [1.29, 1.82) is 0 Å². The van der Waals surface area contributed by atoms with Gasteiger partial charge in [0.15, 0.2) is 0 Å². The van der Waals surface area contributed by atoms with E-state index in [0.29, 0.717) is 18.1 Å². The van der Waals surface area contributed by atoms with E-state index in [4.69, 9.17) is 9.84 Å². The topological polar surface area (TPSA) is 29.5 Å². The van der Waals surface area contributed by atoms with Crippen LogP contribution in [0.25, 0.3) is 0 Å². The normalized spacial score (nSPS) is 24.8. The summed E-state index contributed by atoms with van der Waals surface area (Å²) >= 11 is 0. The molecule has 0 spiro atoms. The van der Waals surface area contributed by atoms with Crippen molar-refractivity contribution in [2.45, 2.75) is 38.4 Å². The Morgan fingerprint density at radius 2 is 1.88 bits per heavy atom. The summed E-state index contributed by atoms with van der Waals surface area (Å²) in [7, 11) is 0. The molecular weight excluding hydrogens is 219 g/mol. The maximum atomic E-state index is 13.3. The summed E-state index contributed by atoms with van der Waals surface area (Å²) in [5.41, 5.74) is 0.622. The van der Waals surface area contributed by atoms with Gasteiger partial charge in [-0.2, -0.15) is 0 Å². The molecule has 0 heterocycles. The quantitative estimate of drug-likeness (QED) is 0.874. The highest BCUT2D eigenvalue weighted by atomic mass is 19.1. The molecule has 0 saturated heterocycles. The minimum Gasteiger partial charge on any atom is -0.396 e. The number of ether oxygens (including phenoxy) is 1. The van der Waals surface area contributed by atoms with Crippen molar-refractivity contribution >= 4 is 0 Å². The van der Waals surface area contributed by atoms with Gasteiger partial charge in [-0.15, -0.1) is 0 Å². The van der Waals surface area contributed by atoms with Crippen molar-refractivity contribution in [2.24, 2.45) is 5.92 Å². The van der Waals surface area contributed by atoms with Crippen LogP contribution in [0.15, 0.2) is 24.3 Å². The molecule has 3 heteroatoms. The standard InChI is InChI=1S/C14H19FO2/c15-14-4-2-1-3-12(14)10-17-13-7-5-11(9-16)6-8-13/h1-4,11,13,16H,5-10H2. The summed E-state index contributed by atoms with van der Waals surface area (Å²) in [6, 6.07) is 6.73. The summed E-state index contributed by atoms with van der Waals surface area (Å²) in [6.07, 6.45) is 4.19. The maximum absolute atomic E-state index is 13.3. The van der Waals surface area contributed by atoms with Gasteiger partial charge in [-0.05, 0) is 37.7 Å². The number of aliphatic hydroxyl groups is 1. The molecule has 0 unspecified atom stereocenters. The highest BCUT2D eigenvalue weighted by molar-refractivity contribution is 5.16. The monoisotopic (exact) mass is 238 g/mol. The van der Waals surface area contributed by atoms with E-state index in [1.165, 1.54) is 6.07 Å². The molecule has 1 aromatic rings. The molecule has 1 N–H and O–H groups in total. The molecule has 1 saturated carbocycles. The van der Waals surface area contributed by atoms with Gasteiger partial charge < -0.3 is 9.84 Å². The van der Waals surface area contributed by atoms with E-state index < -0.39 is 0 Å². The predicted octanol–water partition coefficient (Wildman–Crippen LogP) is 2.89. The number of hydrogen-bond donors (Lipinski definition) is 1. The summed E-state index contributed by atoms with van der Waals surface area (Å²) in [6.45, 7) is 0.626. The van der Waals surface area contributed by atoms with Crippen molar-refractivity contribution in [3.63, 3.8) is 0 Å². The second kappa shape index (κ2) is 6.12. The Hall–Kier alpha value is -0.930. The van der Waals surface area contributed by atoms with Crippen LogP contribution in [0.4, 0.5) is 4.39 Å². The zero-order valence-electron chi connectivity index (χ0n) is 9.94. The molecule has 2 nitrogen and oxygen atoms in total. The third-order valence-corrected chi connectivity index (χ3v) is 3.48. The summed E-state index contributed by atoms with van der Waals surface area (Å²) < 4.78 is 19.1. The van der Waals surface area contributed by atoms with Crippen molar-refractivity contribution in [2.75, 3.05) is 6.61 Å². The number of halogens is 1. The molecule has 1 aliphatic rings. The predicted molar refractivity (Wildman–Crippen MR) is 64.0 cm³/mol. The lowest BCUT2D eigenvalue weighted by Crippen LogP contribution is -2.23. The van der Waals surface area contributed by atoms with Gasteiger partial charge in [0, 0.05) is 12.2 Å². The highest BCUT2D eigenvalue weighted by Gasteiger charge is 2.21. The van der Waals surface area contributed by atoms with Crippen LogP contribution in [0.3, 0.4) is 0 Å². The lowest BCUT2D eigenvalue weighted by Gasteiger charge is -2.27. The molecule has 1 aromatic carbocycles. The van der Waals surface area contributed by atoms with E-state index in [1.807, 2.05) is 6.07 Å². The maximum Gasteiger partial charge on any atom is 0.128 e. The minimum absolute atomic E-state index is 0.198. The third kappa shape index (κ3) is 3.51. The molecule has 1 aliphatic carbocycles. The molecule has 17 heavy (non-hydrogen) atoms. The van der Waals surface area contributed by atoms with Crippen molar-refractivity contribution in [3.8, 4) is 0 Å². The molecule has 0 atom stereocenters. The van der Waals surface area contributed by atoms with Gasteiger partial charge in [0.25, 0.3) is 0 Å². The number of aliphatic hydroxyl groups excluding tert-OH is 1. The van der Waals surface area contributed by atoms with Gasteiger partial charge in [-0.3, -0.25) is 0 Å². The smallest absolute Gasteiger partial charge is 0.128 e. The first kappa shape index (κ1) is 12.5. The number of rotatable bonds is 4. The molecule has 0 radical (unpaired) electrons. The van der Waals surface area contributed by atoms with Crippen LogP contribution in [0, 0.1) is 11.7 Å². The average molecular weight is 238 g/mol. The second-order valence-corrected chi connectivity index (χ2v) is 4.73. The Labute approximate surface area is 101 Å². The van der Waals surface area contributed by atoms with Crippen LogP contribution in [-0.4, -0.2) is 17.8 Å². The zero-order chi connectivity index (χ0) is 12.1. The summed E-state index contributed by atoms with van der Waals surface area (Å²) in [5.74, 6) is 0.236. The first-order valence-electron chi connectivity index (χ1n) is 6.25. The zero-order valence-corrected chi connectivity index (χ0v) is 9.94. The Balaban J connectivity index is 1.78. The lowest BCUT2D eigenvalue weighted by atomic mass is 9.88. The van der Waals surface area contributed by atoms with Crippen molar-refractivity contribution in [3.05, 3.63) is 35.6 Å². The van der Waals surface area contributed by atoms with E-state index in [9.17, 15) is 4.39 Å². The highest BCUT2D eigenvalue weighted by Crippen LogP contribution is 2.26. The third-order valence-electron chi connectivity index (χ3n) is 3.48. The minimum atomic E-state index is -0.198. The Morgan fingerprint density at radius 3 is 2.53 bits per heavy atom. The average Bonchev–Trinajstić information content (AvgIpc) is 2.38. The molecule has 0 amide bonds. The first-order chi connectivity index (χ1) is 8.29. The van der Waals surface area contributed by atoms with E-state index in [0.717, 1.165) is 25.7 Å². The first-order valence-corrected chi connectivity index (χ1v) is 6.25. The fraction of sp³-hybridized carbons (Fsp3) is 0.571. The second-order valence-electron chi connectivity index (χ2n) is 4.73. The Kier molecular flexibility index (Phi) is 4.51. The van der Waals surface area contributed by atoms with Crippen LogP contribution in [0.1, 0.15) is 31.2 Å². The van der Waals surface area contributed by atoms with Gasteiger partial charge >= 0.3 is 0 Å². The largest absolute Gasteiger partial charge is 0.396 e. The van der Waals surface area contributed by atoms with E-state index >= 15 is 0 Å². The van der Waals surface area contributed by atoms with E-state index in [-0.39, 0.29) is 18.5 Å². The van der Waals surface area contributed by atoms with Crippen molar-refractivity contribution < 1.29 is 14.2 Å². The summed E-state index contributed by atoms with van der Waals surface area (Å²) in [5, 5.41) is 9.03. The number of benzene rings is 1. The molecule has 2 rings (SSSR count). The summed E-state index contributed by atoms with van der Waals surface area (Å²) in [4.78, 5) is 0. The van der Waals surface area contributed by atoms with Crippen molar-refractivity contribution in [1.82, 2.24) is 0 Å². The van der Waals surface area contributed by atoms with E-state index in [1.54, 1.807) is 12.1 Å². The van der Waals surface area contributed by atoms with Crippen LogP contribution < -0.4 is 0 Å². The van der Waals surface area contributed by atoms with Crippen LogP contribution in [-0.2, 0) is 11.3 Å². The fourth-order valence-corrected chi connectivity index (χ4v) is 2.30. The van der Waals surface area contributed by atoms with Gasteiger partial charge in [0.2, 0.25) is 0 Å². The molecule has 1 fully saturated rings. The van der Waals surface area contributed by atoms with Crippen LogP contribution >= 0.6 is 0 Å². The number of hydrogen-bond acceptors (Lipinski definition) is 2. The Morgan fingerprint density at radius 1 is 1.18 bits per heavy atom. The van der Waals surface area contributed by atoms with Crippen LogP contribution in [0.5, 0.6) is 0 Å². The SMILES string of the molecule is OCC1CCC(OCc2ccccc2F)CC1. The van der Waals surface area contributed by atoms with Crippen LogP contribution in [0.2, 0.25) is 0 Å². The molecular formula is C14H19FO2. The lowest BCUT2D eigenvalue weighted by molar-refractivity contribution is 0.000153. The van der Waals surface area contributed by atoms with Gasteiger partial charge in [-0.1, -0.05) is 18.2 Å². The molecule has 94 valence electrons. The molecule has 0 aromatic heterocycles. The Bertz CT molecular complexity index is 346. The van der Waals surface area contributed by atoms with Gasteiger partial charge in [0.1, 0.15) is 5.82 Å². The van der Waals surface area contributed by atoms with Gasteiger partial charge in [-0.25, -0.2) is 4.39 Å². The fourth-order valence-electron chi connectivity index (χ4n) is 2.30. The van der Waals surface area contributed by atoms with Gasteiger partial charge in [0.05, 0.1) is 12.7 Å². The molecule has 0 bridgehead atoms. The molecule has 0 aliphatic heterocycles. The van der Waals surface area contributed by atoms with E-state index in [2.05, 4.69) is 0 Å².